The summed E-state index contributed by atoms with van der Waals surface area (Å²) in [6.07, 6.45) is 3.37. The molecule has 3 nitrogen and oxygen atoms in total. The third-order valence-electron chi connectivity index (χ3n) is 3.36. The zero-order chi connectivity index (χ0) is 11.3. The Kier molecular flexibility index (Phi) is 7.77. The fraction of sp³-hybridized carbons (Fsp3) is 0.917. The number of piperidine rings is 1. The van der Waals surface area contributed by atoms with Gasteiger partial charge in [-0.25, -0.2) is 0 Å². The number of hydrogen-bond donors (Lipinski definition) is 1. The van der Waals surface area contributed by atoms with Gasteiger partial charge in [-0.1, -0.05) is 13.8 Å². The van der Waals surface area contributed by atoms with Gasteiger partial charge >= 0.3 is 0 Å². The molecule has 0 aromatic rings. The number of rotatable bonds is 4. The quantitative estimate of drug-likeness (QED) is 0.825. The Labute approximate surface area is 105 Å². The highest BCUT2D eigenvalue weighted by Gasteiger charge is 2.25. The number of nitrogens with zero attached hydrogens (tertiary/aromatic N) is 1. The van der Waals surface area contributed by atoms with E-state index in [1.54, 1.807) is 0 Å². The Morgan fingerprint density at radius 2 is 2.25 bits per heavy atom. The molecular weight excluding hydrogens is 224 g/mol. The van der Waals surface area contributed by atoms with Gasteiger partial charge in [-0.05, 0) is 38.8 Å². The van der Waals surface area contributed by atoms with Crippen LogP contribution in [-0.2, 0) is 4.79 Å². The Hall–Kier alpha value is -0.280. The van der Waals surface area contributed by atoms with Crippen molar-refractivity contribution < 1.29 is 4.79 Å². The second kappa shape index (κ2) is 7.91. The average molecular weight is 249 g/mol. The van der Waals surface area contributed by atoms with E-state index in [-0.39, 0.29) is 18.3 Å². The van der Waals surface area contributed by atoms with Crippen LogP contribution >= 0.6 is 12.4 Å². The number of carbonyl (C=O) groups is 1. The summed E-state index contributed by atoms with van der Waals surface area (Å²) in [7, 11) is 1.98. The van der Waals surface area contributed by atoms with Gasteiger partial charge in [0.1, 0.15) is 0 Å². The molecule has 2 atom stereocenters. The molecule has 0 aromatic carbocycles. The molecule has 1 saturated heterocycles. The molecule has 16 heavy (non-hydrogen) atoms. The lowest BCUT2D eigenvalue weighted by atomic mass is 9.96. The molecule has 0 saturated carbocycles. The molecule has 1 amide bonds. The maximum atomic E-state index is 12.0. The van der Waals surface area contributed by atoms with Crippen molar-refractivity contribution in [3.63, 3.8) is 0 Å². The number of hydrogen-bond acceptors (Lipinski definition) is 2. The lowest BCUT2D eigenvalue weighted by Crippen LogP contribution is -2.44. The molecule has 1 aliphatic heterocycles. The van der Waals surface area contributed by atoms with E-state index >= 15 is 0 Å². The summed E-state index contributed by atoms with van der Waals surface area (Å²) >= 11 is 0. The molecule has 1 N–H and O–H groups in total. The number of nitrogens with one attached hydrogen (secondary N) is 1. The lowest BCUT2D eigenvalue weighted by Gasteiger charge is -2.34. The lowest BCUT2D eigenvalue weighted by molar-refractivity contribution is -0.136. The summed E-state index contributed by atoms with van der Waals surface area (Å²) in [6, 6.07) is 0. The van der Waals surface area contributed by atoms with Crippen molar-refractivity contribution in [3.05, 3.63) is 0 Å². The zero-order valence-electron chi connectivity index (χ0n) is 10.7. The molecule has 0 spiro atoms. The van der Waals surface area contributed by atoms with Crippen molar-refractivity contribution in [2.24, 2.45) is 11.8 Å². The topological polar surface area (TPSA) is 32.3 Å². The third-order valence-corrected chi connectivity index (χ3v) is 3.36. The van der Waals surface area contributed by atoms with E-state index in [4.69, 9.17) is 0 Å². The largest absolute Gasteiger partial charge is 0.342 e. The first-order chi connectivity index (χ1) is 7.19. The zero-order valence-corrected chi connectivity index (χ0v) is 11.5. The van der Waals surface area contributed by atoms with Crippen LogP contribution in [0.1, 0.15) is 33.1 Å². The fourth-order valence-corrected chi connectivity index (χ4v) is 2.21. The van der Waals surface area contributed by atoms with E-state index in [0.717, 1.165) is 32.5 Å². The molecule has 0 radical (unpaired) electrons. The van der Waals surface area contributed by atoms with Crippen LogP contribution in [0.5, 0.6) is 0 Å². The maximum Gasteiger partial charge on any atom is 0.225 e. The second-order valence-electron chi connectivity index (χ2n) is 4.66. The van der Waals surface area contributed by atoms with Gasteiger partial charge in [0.05, 0.1) is 0 Å². The normalized spacial score (nSPS) is 22.4. The predicted molar refractivity (Wildman–Crippen MR) is 69.9 cm³/mol. The molecule has 1 rings (SSSR count). The van der Waals surface area contributed by atoms with Gasteiger partial charge in [-0.2, -0.15) is 0 Å². The van der Waals surface area contributed by atoms with Crippen LogP contribution in [0.2, 0.25) is 0 Å². The van der Waals surface area contributed by atoms with Gasteiger partial charge in [-0.15, -0.1) is 12.4 Å². The molecule has 2 unspecified atom stereocenters. The van der Waals surface area contributed by atoms with E-state index in [1.807, 2.05) is 14.0 Å². The number of amides is 1. The van der Waals surface area contributed by atoms with Crippen LogP contribution in [0, 0.1) is 11.8 Å². The molecule has 1 fully saturated rings. The van der Waals surface area contributed by atoms with Crippen molar-refractivity contribution in [3.8, 4) is 0 Å². The molecular formula is C12H25ClN2O. The minimum Gasteiger partial charge on any atom is -0.342 e. The summed E-state index contributed by atoms with van der Waals surface area (Å²) in [6.45, 7) is 7.05. The highest BCUT2D eigenvalue weighted by molar-refractivity contribution is 5.85. The Morgan fingerprint density at radius 3 is 2.81 bits per heavy atom. The van der Waals surface area contributed by atoms with Gasteiger partial charge in [-0.3, -0.25) is 4.79 Å². The summed E-state index contributed by atoms with van der Waals surface area (Å²) in [5.74, 6) is 1.19. The summed E-state index contributed by atoms with van der Waals surface area (Å²) in [4.78, 5) is 14.0. The second-order valence-corrected chi connectivity index (χ2v) is 4.66. The molecule has 1 heterocycles. The molecule has 0 bridgehead atoms. The van der Waals surface area contributed by atoms with Gasteiger partial charge in [0.25, 0.3) is 0 Å². The highest BCUT2D eigenvalue weighted by Crippen LogP contribution is 2.18. The summed E-state index contributed by atoms with van der Waals surface area (Å²) in [5, 5.41) is 3.20. The smallest absolute Gasteiger partial charge is 0.225 e. The molecule has 0 aliphatic carbocycles. The van der Waals surface area contributed by atoms with Crippen LogP contribution in [0.25, 0.3) is 0 Å². The molecule has 4 heteroatoms. The Balaban J connectivity index is 0.00000225. The van der Waals surface area contributed by atoms with E-state index in [1.165, 1.54) is 6.42 Å². The van der Waals surface area contributed by atoms with Crippen LogP contribution in [-0.4, -0.2) is 37.5 Å². The monoisotopic (exact) mass is 248 g/mol. The molecule has 96 valence electrons. The van der Waals surface area contributed by atoms with Crippen molar-refractivity contribution in [1.29, 1.82) is 0 Å². The first kappa shape index (κ1) is 15.7. The molecule has 1 aliphatic rings. The third kappa shape index (κ3) is 4.30. The van der Waals surface area contributed by atoms with Gasteiger partial charge in [0, 0.05) is 19.0 Å². The van der Waals surface area contributed by atoms with Crippen LogP contribution in [0.4, 0.5) is 0 Å². The van der Waals surface area contributed by atoms with E-state index in [2.05, 4.69) is 17.1 Å². The predicted octanol–water partition coefficient (Wildman–Crippen LogP) is 1.91. The Morgan fingerprint density at radius 1 is 1.56 bits per heavy atom. The first-order valence-corrected chi connectivity index (χ1v) is 6.12. The van der Waals surface area contributed by atoms with E-state index < -0.39 is 0 Å². The fourth-order valence-electron chi connectivity index (χ4n) is 2.21. The van der Waals surface area contributed by atoms with Crippen molar-refractivity contribution in [2.75, 3.05) is 26.7 Å². The SMILES string of the molecule is CCC(C)C(=O)N1CCCC(CNC)C1.Cl. The summed E-state index contributed by atoms with van der Waals surface area (Å²) < 4.78 is 0. The number of carbonyl (C=O) groups excluding carboxylic acids is 1. The van der Waals surface area contributed by atoms with Crippen LogP contribution in [0.15, 0.2) is 0 Å². The van der Waals surface area contributed by atoms with Crippen molar-refractivity contribution >= 4 is 18.3 Å². The number of halogens is 1. The van der Waals surface area contributed by atoms with Crippen LogP contribution < -0.4 is 5.32 Å². The van der Waals surface area contributed by atoms with Gasteiger partial charge < -0.3 is 10.2 Å². The maximum absolute atomic E-state index is 12.0. The minimum atomic E-state index is 0. The standard InChI is InChI=1S/C12H24N2O.ClH/c1-4-10(2)12(15)14-7-5-6-11(9-14)8-13-3;/h10-11,13H,4-9H2,1-3H3;1H. The number of likely N-dealkylation sites (tertiary alicyclic amines) is 1. The Bertz CT molecular complexity index is 209. The molecule has 0 aromatic heterocycles. The van der Waals surface area contributed by atoms with E-state index in [0.29, 0.717) is 11.8 Å². The van der Waals surface area contributed by atoms with Crippen LogP contribution in [0.3, 0.4) is 0 Å². The van der Waals surface area contributed by atoms with Crippen molar-refractivity contribution in [1.82, 2.24) is 10.2 Å². The van der Waals surface area contributed by atoms with Gasteiger partial charge in [0.2, 0.25) is 5.91 Å². The van der Waals surface area contributed by atoms with Crippen molar-refractivity contribution in [2.45, 2.75) is 33.1 Å². The van der Waals surface area contributed by atoms with Gasteiger partial charge in [0.15, 0.2) is 0 Å². The van der Waals surface area contributed by atoms with E-state index in [9.17, 15) is 4.79 Å². The average Bonchev–Trinajstić information content (AvgIpc) is 2.28. The first-order valence-electron chi connectivity index (χ1n) is 6.12. The summed E-state index contributed by atoms with van der Waals surface area (Å²) in [5.41, 5.74) is 0. The minimum absolute atomic E-state index is 0. The highest BCUT2D eigenvalue weighted by atomic mass is 35.5.